The van der Waals surface area contributed by atoms with Gasteiger partial charge in [-0.3, -0.25) is 24.9 Å². The summed E-state index contributed by atoms with van der Waals surface area (Å²) < 4.78 is 1.85. The number of nitrogens with zero attached hydrogens (tertiary/aromatic N) is 3. The number of aromatic amines is 1. The number of halogens is 1. The summed E-state index contributed by atoms with van der Waals surface area (Å²) in [5.74, 6) is -0.557. The highest BCUT2D eigenvalue weighted by atomic mass is 79.9. The Kier molecular flexibility index (Phi) is 5.94. The Bertz CT molecular complexity index is 1370. The van der Waals surface area contributed by atoms with Crippen molar-refractivity contribution in [2.24, 2.45) is 4.99 Å². The van der Waals surface area contributed by atoms with E-state index >= 15 is 0 Å². The molecule has 0 amide bonds. The summed E-state index contributed by atoms with van der Waals surface area (Å²) in [6.45, 7) is 6.94. The van der Waals surface area contributed by atoms with E-state index in [1.807, 2.05) is 6.92 Å². The molecule has 1 heterocycles. The fourth-order valence-electron chi connectivity index (χ4n) is 3.16. The summed E-state index contributed by atoms with van der Waals surface area (Å²) in [7, 11) is 0. The van der Waals surface area contributed by atoms with Crippen molar-refractivity contribution in [3.63, 3.8) is 0 Å². The Morgan fingerprint density at radius 3 is 2.39 bits per heavy atom. The molecule has 10 heteroatoms. The van der Waals surface area contributed by atoms with E-state index < -0.39 is 22.1 Å². The molecule has 0 bridgehead atoms. The van der Waals surface area contributed by atoms with Gasteiger partial charge in [-0.2, -0.15) is 0 Å². The molecule has 3 rings (SSSR count). The Balaban J connectivity index is 2.17. The number of rotatable bonds is 4. The summed E-state index contributed by atoms with van der Waals surface area (Å²) in [6, 6.07) is 6.18. The highest BCUT2D eigenvalue weighted by molar-refractivity contribution is 9.10. The summed E-state index contributed by atoms with van der Waals surface area (Å²) in [4.78, 5) is 41.8. The second-order valence-electron chi connectivity index (χ2n) is 7.02. The smallest absolute Gasteiger partial charge is 0.335 e. The van der Waals surface area contributed by atoms with Crippen LogP contribution in [0.3, 0.4) is 0 Å². The van der Waals surface area contributed by atoms with Crippen LogP contribution in [0.5, 0.6) is 5.88 Å². The van der Waals surface area contributed by atoms with Gasteiger partial charge in [0.1, 0.15) is 5.56 Å². The van der Waals surface area contributed by atoms with Gasteiger partial charge in [-0.1, -0.05) is 15.9 Å². The van der Waals surface area contributed by atoms with E-state index in [2.05, 4.69) is 25.9 Å². The summed E-state index contributed by atoms with van der Waals surface area (Å²) in [5.41, 5.74) is 1.61. The first-order chi connectivity index (χ1) is 14.5. The number of aliphatic imine (C=N–C) groups is 1. The van der Waals surface area contributed by atoms with Crippen molar-refractivity contribution in [3.05, 3.63) is 87.5 Å². The first kappa shape index (κ1) is 22.2. The standard InChI is InChI=1S/C21H19BrN4O5/c1-10-12(3)17(7-5-15(10)22)25-20(28)14(19(27)24-21(25)29)9-23-16-6-8-18(26(30)31)13(4)11(16)2/h5-9,28H,1-4H3,(H,24,27,29). The van der Waals surface area contributed by atoms with Gasteiger partial charge in [-0.15, -0.1) is 0 Å². The van der Waals surface area contributed by atoms with E-state index in [0.29, 0.717) is 22.5 Å². The minimum atomic E-state index is -0.801. The van der Waals surface area contributed by atoms with Crippen LogP contribution in [0, 0.1) is 37.8 Å². The maximum absolute atomic E-state index is 12.5. The quantitative estimate of drug-likeness (QED) is 0.328. The van der Waals surface area contributed by atoms with Crippen LogP contribution < -0.4 is 11.2 Å². The molecule has 0 saturated heterocycles. The van der Waals surface area contributed by atoms with Gasteiger partial charge in [0.25, 0.3) is 11.2 Å². The maximum Gasteiger partial charge on any atom is 0.335 e. The lowest BCUT2D eigenvalue weighted by Gasteiger charge is -2.14. The maximum atomic E-state index is 12.5. The lowest BCUT2D eigenvalue weighted by Crippen LogP contribution is -2.31. The number of benzene rings is 2. The van der Waals surface area contributed by atoms with Crippen molar-refractivity contribution < 1.29 is 10.0 Å². The van der Waals surface area contributed by atoms with Gasteiger partial charge in [0, 0.05) is 22.3 Å². The predicted octanol–water partition coefficient (Wildman–Crippen LogP) is 3.89. The number of aromatic nitrogens is 2. The minimum absolute atomic E-state index is 0.0354. The molecule has 2 N–H and O–H groups in total. The van der Waals surface area contributed by atoms with Crippen LogP contribution in [0.2, 0.25) is 0 Å². The zero-order valence-corrected chi connectivity index (χ0v) is 18.8. The molecule has 0 fully saturated rings. The van der Waals surface area contributed by atoms with Gasteiger partial charge in [-0.05, 0) is 62.6 Å². The molecule has 0 unspecified atom stereocenters. The van der Waals surface area contributed by atoms with Crippen LogP contribution in [0.25, 0.3) is 5.69 Å². The number of aromatic hydroxyl groups is 1. The monoisotopic (exact) mass is 486 g/mol. The van der Waals surface area contributed by atoms with Crippen molar-refractivity contribution in [2.45, 2.75) is 27.7 Å². The Morgan fingerprint density at radius 1 is 1.06 bits per heavy atom. The van der Waals surface area contributed by atoms with Crippen LogP contribution >= 0.6 is 15.9 Å². The predicted molar refractivity (Wildman–Crippen MR) is 121 cm³/mol. The van der Waals surface area contributed by atoms with E-state index in [1.165, 1.54) is 12.1 Å². The average Bonchev–Trinajstić information content (AvgIpc) is 2.70. The van der Waals surface area contributed by atoms with Crippen molar-refractivity contribution in [2.75, 3.05) is 0 Å². The first-order valence-electron chi connectivity index (χ1n) is 9.17. The average molecular weight is 487 g/mol. The van der Waals surface area contributed by atoms with Crippen LogP contribution in [0.4, 0.5) is 11.4 Å². The van der Waals surface area contributed by atoms with Crippen molar-refractivity contribution in [1.82, 2.24) is 9.55 Å². The largest absolute Gasteiger partial charge is 0.493 e. The van der Waals surface area contributed by atoms with Crippen molar-refractivity contribution in [1.29, 1.82) is 0 Å². The molecule has 0 aliphatic carbocycles. The second kappa shape index (κ2) is 8.31. The molecular formula is C21H19BrN4O5. The molecule has 0 aliphatic heterocycles. The third-order valence-electron chi connectivity index (χ3n) is 5.31. The Labute approximate surface area is 185 Å². The number of nitro benzene ring substituents is 1. The molecule has 0 saturated carbocycles. The molecule has 1 aromatic heterocycles. The van der Waals surface area contributed by atoms with Gasteiger partial charge < -0.3 is 5.11 Å². The fourth-order valence-corrected chi connectivity index (χ4v) is 3.59. The zero-order chi connectivity index (χ0) is 23.0. The SMILES string of the molecule is Cc1c(Br)ccc(-n2c(O)c(C=Nc3ccc([N+](=O)[O-])c(C)c3C)c(=O)[nH]c2=O)c1C. The number of hydrogen-bond acceptors (Lipinski definition) is 6. The molecule has 31 heavy (non-hydrogen) atoms. The second-order valence-corrected chi connectivity index (χ2v) is 7.87. The lowest BCUT2D eigenvalue weighted by molar-refractivity contribution is -0.385. The summed E-state index contributed by atoms with van der Waals surface area (Å²) in [6.07, 6.45) is 1.14. The zero-order valence-electron chi connectivity index (χ0n) is 17.2. The van der Waals surface area contributed by atoms with Gasteiger partial charge >= 0.3 is 5.69 Å². The Hall–Kier alpha value is -3.53. The van der Waals surface area contributed by atoms with E-state index in [-0.39, 0.29) is 11.3 Å². The molecule has 0 radical (unpaired) electrons. The van der Waals surface area contributed by atoms with E-state index in [0.717, 1.165) is 26.4 Å². The normalized spacial score (nSPS) is 11.3. The van der Waals surface area contributed by atoms with Gasteiger partial charge in [-0.25, -0.2) is 9.36 Å². The Morgan fingerprint density at radius 2 is 1.74 bits per heavy atom. The van der Waals surface area contributed by atoms with Gasteiger partial charge in [0.2, 0.25) is 5.88 Å². The van der Waals surface area contributed by atoms with Gasteiger partial charge in [0.15, 0.2) is 0 Å². The van der Waals surface area contributed by atoms with Crippen LogP contribution in [0.15, 0.2) is 43.3 Å². The summed E-state index contributed by atoms with van der Waals surface area (Å²) in [5, 5.41) is 21.8. The number of hydrogen-bond donors (Lipinski definition) is 2. The van der Waals surface area contributed by atoms with E-state index in [4.69, 9.17) is 0 Å². The molecule has 2 aromatic carbocycles. The molecule has 0 spiro atoms. The van der Waals surface area contributed by atoms with Crippen molar-refractivity contribution >= 4 is 33.5 Å². The van der Waals surface area contributed by atoms with Crippen molar-refractivity contribution in [3.8, 4) is 11.6 Å². The molecule has 160 valence electrons. The molecule has 9 nitrogen and oxygen atoms in total. The summed E-state index contributed by atoms with van der Waals surface area (Å²) >= 11 is 3.42. The van der Waals surface area contributed by atoms with E-state index in [1.54, 1.807) is 32.9 Å². The van der Waals surface area contributed by atoms with Crippen LogP contribution in [-0.2, 0) is 0 Å². The molecule has 0 atom stereocenters. The topological polar surface area (TPSA) is 131 Å². The first-order valence-corrected chi connectivity index (χ1v) is 9.97. The number of nitrogens with one attached hydrogen (secondary N) is 1. The highest BCUT2D eigenvalue weighted by Crippen LogP contribution is 2.30. The fraction of sp³-hybridized carbons (Fsp3) is 0.190. The lowest BCUT2D eigenvalue weighted by atomic mass is 10.1. The minimum Gasteiger partial charge on any atom is -0.493 e. The third-order valence-corrected chi connectivity index (χ3v) is 6.17. The third kappa shape index (κ3) is 3.93. The van der Waals surface area contributed by atoms with E-state index in [9.17, 15) is 24.8 Å². The number of H-pyrrole nitrogens is 1. The van der Waals surface area contributed by atoms with Crippen LogP contribution in [-0.4, -0.2) is 25.8 Å². The molecule has 0 aliphatic rings. The van der Waals surface area contributed by atoms with Gasteiger partial charge in [0.05, 0.1) is 16.3 Å². The highest BCUT2D eigenvalue weighted by Gasteiger charge is 2.18. The molecule has 3 aromatic rings. The number of nitro groups is 1. The molecular weight excluding hydrogens is 468 g/mol. The van der Waals surface area contributed by atoms with Crippen LogP contribution in [0.1, 0.15) is 27.8 Å².